The molecule has 1 aliphatic rings. The number of methoxy groups -OCH3 is 1. The lowest BCUT2D eigenvalue weighted by atomic mass is 10.1. The SMILES string of the molecule is COc1cc(C(=O)NCC[C@@H]2CCCN2)ccc1F. The van der Waals surface area contributed by atoms with Gasteiger partial charge < -0.3 is 15.4 Å². The molecule has 5 heteroatoms. The van der Waals surface area contributed by atoms with Crippen LogP contribution >= 0.6 is 0 Å². The molecule has 1 amide bonds. The van der Waals surface area contributed by atoms with Crippen LogP contribution in [0.1, 0.15) is 29.6 Å². The summed E-state index contributed by atoms with van der Waals surface area (Å²) in [5, 5.41) is 6.21. The van der Waals surface area contributed by atoms with E-state index in [0.717, 1.165) is 13.0 Å². The zero-order valence-electron chi connectivity index (χ0n) is 11.0. The van der Waals surface area contributed by atoms with Crippen molar-refractivity contribution in [3.63, 3.8) is 0 Å². The van der Waals surface area contributed by atoms with Gasteiger partial charge in [0.15, 0.2) is 11.6 Å². The number of ether oxygens (including phenoxy) is 1. The van der Waals surface area contributed by atoms with Crippen LogP contribution in [0.4, 0.5) is 4.39 Å². The van der Waals surface area contributed by atoms with Gasteiger partial charge in [-0.05, 0) is 44.0 Å². The molecule has 1 heterocycles. The van der Waals surface area contributed by atoms with E-state index in [1.165, 1.54) is 38.2 Å². The maximum Gasteiger partial charge on any atom is 0.251 e. The molecular weight excluding hydrogens is 247 g/mol. The molecule has 104 valence electrons. The predicted octanol–water partition coefficient (Wildman–Crippen LogP) is 1.71. The third kappa shape index (κ3) is 3.67. The van der Waals surface area contributed by atoms with Gasteiger partial charge in [0.25, 0.3) is 5.91 Å². The highest BCUT2D eigenvalue weighted by atomic mass is 19.1. The highest BCUT2D eigenvalue weighted by molar-refractivity contribution is 5.94. The Kier molecular flexibility index (Phi) is 4.74. The summed E-state index contributed by atoms with van der Waals surface area (Å²) in [7, 11) is 1.38. The van der Waals surface area contributed by atoms with Gasteiger partial charge in [-0.15, -0.1) is 0 Å². The molecule has 1 atom stereocenters. The second-order valence-corrected chi connectivity index (χ2v) is 4.69. The minimum absolute atomic E-state index is 0.0881. The Hall–Kier alpha value is -1.62. The fourth-order valence-corrected chi connectivity index (χ4v) is 2.27. The average molecular weight is 266 g/mol. The van der Waals surface area contributed by atoms with E-state index in [0.29, 0.717) is 18.2 Å². The second-order valence-electron chi connectivity index (χ2n) is 4.69. The monoisotopic (exact) mass is 266 g/mol. The van der Waals surface area contributed by atoms with Gasteiger partial charge in [0.2, 0.25) is 0 Å². The maximum absolute atomic E-state index is 13.2. The van der Waals surface area contributed by atoms with Crippen LogP contribution in [0.15, 0.2) is 18.2 Å². The summed E-state index contributed by atoms with van der Waals surface area (Å²) in [5.74, 6) is -0.574. The molecule has 0 saturated carbocycles. The summed E-state index contributed by atoms with van der Waals surface area (Å²) in [6.45, 7) is 1.68. The van der Waals surface area contributed by atoms with Crippen LogP contribution in [-0.4, -0.2) is 32.1 Å². The molecule has 1 aromatic carbocycles. The van der Waals surface area contributed by atoms with Crippen LogP contribution in [0, 0.1) is 5.82 Å². The fraction of sp³-hybridized carbons (Fsp3) is 0.500. The lowest BCUT2D eigenvalue weighted by Crippen LogP contribution is -2.30. The first kappa shape index (κ1) is 13.8. The third-order valence-electron chi connectivity index (χ3n) is 3.35. The Labute approximate surface area is 112 Å². The number of hydrogen-bond donors (Lipinski definition) is 2. The van der Waals surface area contributed by atoms with Crippen molar-refractivity contribution in [2.24, 2.45) is 0 Å². The second kappa shape index (κ2) is 6.52. The Morgan fingerprint density at radius 1 is 1.58 bits per heavy atom. The first-order valence-corrected chi connectivity index (χ1v) is 6.56. The Bertz CT molecular complexity index is 445. The highest BCUT2D eigenvalue weighted by Crippen LogP contribution is 2.18. The standard InChI is InChI=1S/C14H19FN2O2/c1-19-13-9-10(4-5-12(13)15)14(18)17-8-6-11-3-2-7-16-11/h4-5,9,11,16H,2-3,6-8H2,1H3,(H,17,18)/t11-/m0/s1. The quantitative estimate of drug-likeness (QED) is 0.853. The number of carbonyl (C=O) groups is 1. The van der Waals surface area contributed by atoms with Gasteiger partial charge in [0, 0.05) is 18.2 Å². The maximum atomic E-state index is 13.2. The molecular formula is C14H19FN2O2. The first-order valence-electron chi connectivity index (χ1n) is 6.56. The number of halogens is 1. The van der Waals surface area contributed by atoms with Crippen LogP contribution < -0.4 is 15.4 Å². The topological polar surface area (TPSA) is 50.4 Å². The summed E-state index contributed by atoms with van der Waals surface area (Å²) < 4.78 is 18.1. The van der Waals surface area contributed by atoms with Crippen molar-refractivity contribution in [2.75, 3.05) is 20.2 Å². The smallest absolute Gasteiger partial charge is 0.251 e. The zero-order valence-corrected chi connectivity index (χ0v) is 11.0. The van der Waals surface area contributed by atoms with Gasteiger partial charge in [-0.1, -0.05) is 0 Å². The van der Waals surface area contributed by atoms with E-state index >= 15 is 0 Å². The van der Waals surface area contributed by atoms with E-state index in [9.17, 15) is 9.18 Å². The Morgan fingerprint density at radius 2 is 2.42 bits per heavy atom. The predicted molar refractivity (Wildman–Crippen MR) is 70.9 cm³/mol. The van der Waals surface area contributed by atoms with Gasteiger partial charge >= 0.3 is 0 Å². The van der Waals surface area contributed by atoms with Gasteiger partial charge in [0.05, 0.1) is 7.11 Å². The third-order valence-corrected chi connectivity index (χ3v) is 3.35. The fourth-order valence-electron chi connectivity index (χ4n) is 2.27. The van der Waals surface area contributed by atoms with Gasteiger partial charge in [-0.2, -0.15) is 0 Å². The molecule has 0 radical (unpaired) electrons. The molecule has 1 saturated heterocycles. The average Bonchev–Trinajstić information content (AvgIpc) is 2.92. The van der Waals surface area contributed by atoms with E-state index in [1.54, 1.807) is 0 Å². The number of benzene rings is 1. The molecule has 19 heavy (non-hydrogen) atoms. The molecule has 0 aliphatic carbocycles. The molecule has 0 spiro atoms. The molecule has 1 aromatic rings. The normalized spacial score (nSPS) is 18.3. The van der Waals surface area contributed by atoms with Crippen molar-refractivity contribution >= 4 is 5.91 Å². The van der Waals surface area contributed by atoms with Crippen LogP contribution in [0.2, 0.25) is 0 Å². The van der Waals surface area contributed by atoms with Crippen molar-refractivity contribution in [1.29, 1.82) is 0 Å². The van der Waals surface area contributed by atoms with E-state index in [-0.39, 0.29) is 11.7 Å². The summed E-state index contributed by atoms with van der Waals surface area (Å²) >= 11 is 0. The Morgan fingerprint density at radius 3 is 3.11 bits per heavy atom. The number of rotatable bonds is 5. The molecule has 1 fully saturated rings. The van der Waals surface area contributed by atoms with Crippen LogP contribution in [0.25, 0.3) is 0 Å². The number of amides is 1. The number of hydrogen-bond acceptors (Lipinski definition) is 3. The van der Waals surface area contributed by atoms with Crippen molar-refractivity contribution in [1.82, 2.24) is 10.6 Å². The highest BCUT2D eigenvalue weighted by Gasteiger charge is 2.14. The molecule has 4 nitrogen and oxygen atoms in total. The van der Waals surface area contributed by atoms with Gasteiger partial charge in [-0.3, -0.25) is 4.79 Å². The summed E-state index contributed by atoms with van der Waals surface area (Å²) in [4.78, 5) is 11.9. The van der Waals surface area contributed by atoms with E-state index in [1.807, 2.05) is 0 Å². The summed E-state index contributed by atoms with van der Waals surface area (Å²) in [6.07, 6.45) is 3.29. The van der Waals surface area contributed by atoms with Crippen molar-refractivity contribution in [3.8, 4) is 5.75 Å². The van der Waals surface area contributed by atoms with Crippen molar-refractivity contribution < 1.29 is 13.9 Å². The van der Waals surface area contributed by atoms with Crippen LogP contribution in [-0.2, 0) is 0 Å². The largest absolute Gasteiger partial charge is 0.494 e. The molecule has 0 aromatic heterocycles. The van der Waals surface area contributed by atoms with Crippen molar-refractivity contribution in [3.05, 3.63) is 29.6 Å². The number of carbonyl (C=O) groups excluding carboxylic acids is 1. The van der Waals surface area contributed by atoms with Gasteiger partial charge in [0.1, 0.15) is 0 Å². The van der Waals surface area contributed by atoms with Gasteiger partial charge in [-0.25, -0.2) is 4.39 Å². The van der Waals surface area contributed by atoms with Crippen molar-refractivity contribution in [2.45, 2.75) is 25.3 Å². The Balaban J connectivity index is 1.85. The number of nitrogens with one attached hydrogen (secondary N) is 2. The lowest BCUT2D eigenvalue weighted by Gasteiger charge is -2.11. The lowest BCUT2D eigenvalue weighted by molar-refractivity contribution is 0.0952. The molecule has 0 unspecified atom stereocenters. The van der Waals surface area contributed by atoms with E-state index in [4.69, 9.17) is 4.74 Å². The zero-order chi connectivity index (χ0) is 13.7. The van der Waals surface area contributed by atoms with E-state index in [2.05, 4.69) is 10.6 Å². The molecule has 1 aliphatic heterocycles. The molecule has 2 rings (SSSR count). The molecule has 2 N–H and O–H groups in total. The minimum atomic E-state index is -0.464. The molecule has 0 bridgehead atoms. The van der Waals surface area contributed by atoms with Crippen LogP contribution in [0.5, 0.6) is 5.75 Å². The van der Waals surface area contributed by atoms with E-state index < -0.39 is 5.82 Å². The first-order chi connectivity index (χ1) is 9.20. The summed E-state index contributed by atoms with van der Waals surface area (Å²) in [5.41, 5.74) is 0.414. The minimum Gasteiger partial charge on any atom is -0.494 e. The summed E-state index contributed by atoms with van der Waals surface area (Å²) in [6, 6.07) is 4.62. The van der Waals surface area contributed by atoms with Crippen LogP contribution in [0.3, 0.4) is 0 Å².